The quantitative estimate of drug-likeness (QED) is 0.881. The number of piperazine rings is 1. The number of aromatic nitrogens is 1. The van der Waals surface area contributed by atoms with E-state index in [-0.39, 0.29) is 12.6 Å². The molecule has 0 aliphatic carbocycles. The first-order valence-corrected chi connectivity index (χ1v) is 6.60. The number of hydrogen-bond donors (Lipinski definition) is 1. The number of likely N-dealkylation sites (N-methyl/N-ethyl adjacent to an activating group) is 1. The summed E-state index contributed by atoms with van der Waals surface area (Å²) in [7, 11) is 2.06. The standard InChI is InChI=1S/C14H19N3O2/c1-10-3-4-13-12(7-10)15-14(19-13)17-6-5-16(2)8-11(17)9-18/h3-4,7,11,18H,5-6,8-9H2,1-2H3. The molecular formula is C14H19N3O2. The van der Waals surface area contributed by atoms with Gasteiger partial charge in [0.1, 0.15) is 5.52 Å². The van der Waals surface area contributed by atoms with Crippen molar-refractivity contribution in [2.24, 2.45) is 0 Å². The average Bonchev–Trinajstić information content (AvgIpc) is 2.81. The Bertz CT molecular complexity index is 581. The zero-order valence-corrected chi connectivity index (χ0v) is 11.3. The number of aliphatic hydroxyl groups excluding tert-OH is 1. The van der Waals surface area contributed by atoms with Crippen LogP contribution in [0.5, 0.6) is 0 Å². The monoisotopic (exact) mass is 261 g/mol. The third kappa shape index (κ3) is 2.31. The first-order valence-electron chi connectivity index (χ1n) is 6.60. The molecule has 1 unspecified atom stereocenters. The highest BCUT2D eigenvalue weighted by Gasteiger charge is 2.28. The molecule has 1 fully saturated rings. The zero-order chi connectivity index (χ0) is 13.4. The van der Waals surface area contributed by atoms with Gasteiger partial charge in [0.25, 0.3) is 6.01 Å². The Morgan fingerprint density at radius 3 is 3.05 bits per heavy atom. The summed E-state index contributed by atoms with van der Waals surface area (Å²) in [5, 5.41) is 9.52. The molecule has 1 aromatic carbocycles. The van der Waals surface area contributed by atoms with Crippen LogP contribution in [0.15, 0.2) is 22.6 Å². The summed E-state index contributed by atoms with van der Waals surface area (Å²) < 4.78 is 5.82. The van der Waals surface area contributed by atoms with Gasteiger partial charge in [-0.1, -0.05) is 6.07 Å². The van der Waals surface area contributed by atoms with Gasteiger partial charge < -0.3 is 19.3 Å². The van der Waals surface area contributed by atoms with Gasteiger partial charge in [0, 0.05) is 19.6 Å². The minimum Gasteiger partial charge on any atom is -0.423 e. The van der Waals surface area contributed by atoms with Gasteiger partial charge >= 0.3 is 0 Å². The molecule has 5 heteroatoms. The van der Waals surface area contributed by atoms with Gasteiger partial charge in [-0.15, -0.1) is 0 Å². The fourth-order valence-electron chi connectivity index (χ4n) is 2.57. The van der Waals surface area contributed by atoms with Crippen LogP contribution in [0.25, 0.3) is 11.1 Å². The smallest absolute Gasteiger partial charge is 0.298 e. The first-order chi connectivity index (χ1) is 9.17. The molecule has 1 aliphatic heterocycles. The number of fused-ring (bicyclic) bond motifs is 1. The molecule has 5 nitrogen and oxygen atoms in total. The maximum atomic E-state index is 9.52. The van der Waals surface area contributed by atoms with Crippen molar-refractivity contribution in [3.63, 3.8) is 0 Å². The Labute approximate surface area is 112 Å². The highest BCUT2D eigenvalue weighted by Crippen LogP contribution is 2.25. The number of nitrogens with zero attached hydrogens (tertiary/aromatic N) is 3. The van der Waals surface area contributed by atoms with Gasteiger partial charge in [0.05, 0.1) is 12.6 Å². The molecule has 102 valence electrons. The Kier molecular flexibility index (Phi) is 3.16. The van der Waals surface area contributed by atoms with E-state index in [2.05, 4.69) is 21.8 Å². The number of benzene rings is 1. The largest absolute Gasteiger partial charge is 0.423 e. The summed E-state index contributed by atoms with van der Waals surface area (Å²) in [5.41, 5.74) is 2.85. The lowest BCUT2D eigenvalue weighted by molar-refractivity contribution is 0.186. The predicted molar refractivity (Wildman–Crippen MR) is 74.5 cm³/mol. The number of anilines is 1. The van der Waals surface area contributed by atoms with Crippen molar-refractivity contribution >= 4 is 17.1 Å². The van der Waals surface area contributed by atoms with E-state index in [4.69, 9.17) is 4.42 Å². The molecule has 19 heavy (non-hydrogen) atoms. The lowest BCUT2D eigenvalue weighted by atomic mass is 10.2. The summed E-state index contributed by atoms with van der Waals surface area (Å²) in [6, 6.07) is 6.66. The van der Waals surface area contributed by atoms with E-state index in [1.54, 1.807) is 0 Å². The predicted octanol–water partition coefficient (Wildman–Crippen LogP) is 1.25. The maximum absolute atomic E-state index is 9.52. The van der Waals surface area contributed by atoms with Crippen molar-refractivity contribution in [1.82, 2.24) is 9.88 Å². The molecule has 0 spiro atoms. The van der Waals surface area contributed by atoms with Crippen molar-refractivity contribution in [1.29, 1.82) is 0 Å². The second-order valence-corrected chi connectivity index (χ2v) is 5.26. The van der Waals surface area contributed by atoms with Gasteiger partial charge in [-0.05, 0) is 31.7 Å². The molecule has 0 bridgehead atoms. The van der Waals surface area contributed by atoms with Crippen LogP contribution in [0, 0.1) is 6.92 Å². The van der Waals surface area contributed by atoms with E-state index in [0.717, 1.165) is 30.7 Å². The third-order valence-corrected chi connectivity index (χ3v) is 3.67. The molecule has 1 aliphatic rings. The number of aryl methyl sites for hydroxylation is 1. The van der Waals surface area contributed by atoms with E-state index in [9.17, 15) is 5.11 Å². The topological polar surface area (TPSA) is 52.7 Å². The molecule has 3 rings (SSSR count). The van der Waals surface area contributed by atoms with Crippen LogP contribution in [0.2, 0.25) is 0 Å². The van der Waals surface area contributed by atoms with Crippen LogP contribution >= 0.6 is 0 Å². The molecule has 1 saturated heterocycles. The molecule has 1 aromatic heterocycles. The van der Waals surface area contributed by atoms with E-state index in [1.807, 2.05) is 25.1 Å². The number of aliphatic hydroxyl groups is 1. The zero-order valence-electron chi connectivity index (χ0n) is 11.3. The number of hydrogen-bond acceptors (Lipinski definition) is 5. The molecule has 0 saturated carbocycles. The molecule has 1 atom stereocenters. The number of oxazole rings is 1. The van der Waals surface area contributed by atoms with Gasteiger partial charge in [-0.25, -0.2) is 0 Å². The van der Waals surface area contributed by atoms with Crippen LogP contribution in [0.1, 0.15) is 5.56 Å². The second-order valence-electron chi connectivity index (χ2n) is 5.26. The lowest BCUT2D eigenvalue weighted by Crippen LogP contribution is -2.53. The molecule has 2 heterocycles. The summed E-state index contributed by atoms with van der Waals surface area (Å²) >= 11 is 0. The fraction of sp³-hybridized carbons (Fsp3) is 0.500. The normalized spacial score (nSPS) is 21.2. The van der Waals surface area contributed by atoms with Crippen molar-refractivity contribution in [3.05, 3.63) is 23.8 Å². The molecular weight excluding hydrogens is 242 g/mol. The van der Waals surface area contributed by atoms with Crippen LogP contribution in [-0.2, 0) is 0 Å². The molecule has 2 aromatic rings. The molecule has 0 amide bonds. The van der Waals surface area contributed by atoms with Gasteiger partial charge in [-0.3, -0.25) is 0 Å². The third-order valence-electron chi connectivity index (χ3n) is 3.67. The fourth-order valence-corrected chi connectivity index (χ4v) is 2.57. The highest BCUT2D eigenvalue weighted by molar-refractivity contribution is 5.75. The average molecular weight is 261 g/mol. The lowest BCUT2D eigenvalue weighted by Gasteiger charge is -2.38. The molecule has 1 N–H and O–H groups in total. The summed E-state index contributed by atoms with van der Waals surface area (Å²) in [4.78, 5) is 8.83. The van der Waals surface area contributed by atoms with Crippen molar-refractivity contribution < 1.29 is 9.52 Å². The first kappa shape index (κ1) is 12.4. The van der Waals surface area contributed by atoms with Crippen LogP contribution in [0.3, 0.4) is 0 Å². The number of rotatable bonds is 2. The summed E-state index contributed by atoms with van der Waals surface area (Å²) in [6.45, 7) is 4.76. The summed E-state index contributed by atoms with van der Waals surface area (Å²) in [5.74, 6) is 0. The Hall–Kier alpha value is -1.59. The van der Waals surface area contributed by atoms with E-state index in [1.165, 1.54) is 5.56 Å². The second kappa shape index (κ2) is 4.83. The van der Waals surface area contributed by atoms with Crippen LogP contribution in [0.4, 0.5) is 6.01 Å². The van der Waals surface area contributed by atoms with Crippen molar-refractivity contribution in [2.75, 3.05) is 38.2 Å². The Morgan fingerprint density at radius 1 is 1.42 bits per heavy atom. The minimum absolute atomic E-state index is 0.0490. The highest BCUT2D eigenvalue weighted by atomic mass is 16.4. The van der Waals surface area contributed by atoms with Gasteiger partial charge in [0.15, 0.2) is 5.58 Å². The van der Waals surface area contributed by atoms with Crippen LogP contribution in [-0.4, -0.2) is 54.3 Å². The Balaban J connectivity index is 1.94. The van der Waals surface area contributed by atoms with Gasteiger partial charge in [0.2, 0.25) is 0 Å². The van der Waals surface area contributed by atoms with E-state index < -0.39 is 0 Å². The van der Waals surface area contributed by atoms with E-state index in [0.29, 0.717) is 6.01 Å². The minimum atomic E-state index is 0.0490. The van der Waals surface area contributed by atoms with Gasteiger partial charge in [-0.2, -0.15) is 4.98 Å². The maximum Gasteiger partial charge on any atom is 0.298 e. The Morgan fingerprint density at radius 2 is 2.26 bits per heavy atom. The van der Waals surface area contributed by atoms with E-state index >= 15 is 0 Å². The van der Waals surface area contributed by atoms with Crippen molar-refractivity contribution in [2.45, 2.75) is 13.0 Å². The molecule has 0 radical (unpaired) electrons. The summed E-state index contributed by atoms with van der Waals surface area (Å²) in [6.07, 6.45) is 0. The SMILES string of the molecule is Cc1ccc2oc(N3CCN(C)CC3CO)nc2c1. The van der Waals surface area contributed by atoms with Crippen molar-refractivity contribution in [3.8, 4) is 0 Å². The van der Waals surface area contributed by atoms with Crippen LogP contribution < -0.4 is 4.90 Å².